The van der Waals surface area contributed by atoms with Crippen LogP contribution in [0.25, 0.3) is 5.69 Å². The average molecular weight is 346 g/mol. The number of nitro groups is 1. The number of amides is 1. The molecular formula is C15H14N4O6. The van der Waals surface area contributed by atoms with Gasteiger partial charge in [0.1, 0.15) is 5.69 Å². The van der Waals surface area contributed by atoms with Gasteiger partial charge in [-0.3, -0.25) is 14.9 Å². The first-order chi connectivity index (χ1) is 11.9. The summed E-state index contributed by atoms with van der Waals surface area (Å²) in [5, 5.41) is 23.1. The van der Waals surface area contributed by atoms with Gasteiger partial charge in [-0.15, -0.1) is 0 Å². The van der Waals surface area contributed by atoms with Gasteiger partial charge in [-0.05, 0) is 12.1 Å². The minimum Gasteiger partial charge on any atom is -0.479 e. The molecule has 2 N–H and O–H groups in total. The van der Waals surface area contributed by atoms with Crippen molar-refractivity contribution < 1.29 is 24.4 Å². The predicted octanol–water partition coefficient (Wildman–Crippen LogP) is 0.754. The second-order valence-electron chi connectivity index (χ2n) is 5.57. The summed E-state index contributed by atoms with van der Waals surface area (Å²) in [5.41, 5.74) is -1.58. The van der Waals surface area contributed by atoms with Crippen molar-refractivity contribution in [1.82, 2.24) is 14.9 Å². The van der Waals surface area contributed by atoms with Gasteiger partial charge in [0.2, 0.25) is 0 Å². The zero-order valence-corrected chi connectivity index (χ0v) is 12.9. The second kappa shape index (κ2) is 6.32. The smallest absolute Gasteiger partial charge is 0.331 e. The lowest BCUT2D eigenvalue weighted by atomic mass is 9.98. The van der Waals surface area contributed by atoms with Gasteiger partial charge in [-0.2, -0.15) is 0 Å². The number of hydrogen-bond acceptors (Lipinski definition) is 6. The van der Waals surface area contributed by atoms with Gasteiger partial charge in [0.25, 0.3) is 11.6 Å². The summed E-state index contributed by atoms with van der Waals surface area (Å²) in [5.74, 6) is -1.92. The summed E-state index contributed by atoms with van der Waals surface area (Å²) in [4.78, 5) is 38.4. The van der Waals surface area contributed by atoms with Gasteiger partial charge in [-0.1, -0.05) is 0 Å². The van der Waals surface area contributed by atoms with E-state index < -0.39 is 22.3 Å². The average Bonchev–Trinajstić information content (AvgIpc) is 3.26. The SMILES string of the molecule is O=C(NC1(C(=O)O)CCOC1)c1ccc(-n2ccnc2)c([N+](=O)[O-])c1. The maximum atomic E-state index is 12.4. The van der Waals surface area contributed by atoms with Crippen LogP contribution in [-0.2, 0) is 9.53 Å². The molecule has 1 aromatic carbocycles. The van der Waals surface area contributed by atoms with Gasteiger partial charge < -0.3 is 19.7 Å². The van der Waals surface area contributed by atoms with E-state index in [1.54, 1.807) is 0 Å². The Balaban J connectivity index is 1.92. The lowest BCUT2D eigenvalue weighted by Crippen LogP contribution is -2.55. The molecule has 1 aliphatic rings. The molecule has 1 aromatic heterocycles. The van der Waals surface area contributed by atoms with Gasteiger partial charge in [-0.25, -0.2) is 9.78 Å². The molecule has 0 bridgehead atoms. The zero-order chi connectivity index (χ0) is 18.0. The van der Waals surface area contributed by atoms with E-state index in [1.165, 1.54) is 35.4 Å². The second-order valence-corrected chi connectivity index (χ2v) is 5.57. The molecule has 1 amide bonds. The standard InChI is InChI=1S/C15H14N4O6/c20-13(17-15(14(21)22)3-6-25-8-15)10-1-2-11(12(7-10)19(23)24)18-5-4-16-9-18/h1-2,4-5,7,9H,3,6,8H2,(H,17,20)(H,21,22). The van der Waals surface area contributed by atoms with Crippen LogP contribution < -0.4 is 5.32 Å². The van der Waals surface area contributed by atoms with E-state index in [1.807, 2.05) is 0 Å². The summed E-state index contributed by atoms with van der Waals surface area (Å²) in [6.07, 6.45) is 4.54. The van der Waals surface area contributed by atoms with E-state index in [9.17, 15) is 24.8 Å². The highest BCUT2D eigenvalue weighted by molar-refractivity contribution is 5.98. The number of ether oxygens (including phenoxy) is 1. The van der Waals surface area contributed by atoms with Gasteiger partial charge in [0.15, 0.2) is 5.54 Å². The number of imidazole rings is 1. The van der Waals surface area contributed by atoms with E-state index in [4.69, 9.17) is 4.74 Å². The van der Waals surface area contributed by atoms with Crippen LogP contribution in [0.15, 0.2) is 36.9 Å². The maximum Gasteiger partial charge on any atom is 0.331 e. The summed E-state index contributed by atoms with van der Waals surface area (Å²) in [6.45, 7) is 0.0651. The van der Waals surface area contributed by atoms with Crippen LogP contribution >= 0.6 is 0 Å². The number of carboxylic acids is 1. The molecule has 130 valence electrons. The molecule has 0 saturated carbocycles. The van der Waals surface area contributed by atoms with Crippen LogP contribution in [-0.4, -0.2) is 50.2 Å². The fourth-order valence-corrected chi connectivity index (χ4v) is 2.61. The van der Waals surface area contributed by atoms with Crippen molar-refractivity contribution in [3.8, 4) is 5.69 Å². The fourth-order valence-electron chi connectivity index (χ4n) is 2.61. The largest absolute Gasteiger partial charge is 0.479 e. The highest BCUT2D eigenvalue weighted by atomic mass is 16.6. The van der Waals surface area contributed by atoms with E-state index in [0.717, 1.165) is 6.07 Å². The Morgan fingerprint density at radius 3 is 2.80 bits per heavy atom. The number of rotatable bonds is 5. The van der Waals surface area contributed by atoms with Crippen LogP contribution in [0, 0.1) is 10.1 Å². The molecule has 0 spiro atoms. The fraction of sp³-hybridized carbons (Fsp3) is 0.267. The van der Waals surface area contributed by atoms with Gasteiger partial charge >= 0.3 is 5.97 Å². The lowest BCUT2D eigenvalue weighted by molar-refractivity contribution is -0.384. The zero-order valence-electron chi connectivity index (χ0n) is 12.9. The third-order valence-corrected chi connectivity index (χ3v) is 4.00. The predicted molar refractivity (Wildman–Crippen MR) is 83.5 cm³/mol. The number of nitrogens with one attached hydrogen (secondary N) is 1. The summed E-state index contributed by atoms with van der Waals surface area (Å²) >= 11 is 0. The molecule has 10 heteroatoms. The Morgan fingerprint density at radius 1 is 1.44 bits per heavy atom. The van der Waals surface area contributed by atoms with Crippen LogP contribution in [0.1, 0.15) is 16.8 Å². The van der Waals surface area contributed by atoms with Gasteiger partial charge in [0, 0.05) is 37.1 Å². The quantitative estimate of drug-likeness (QED) is 0.602. The third kappa shape index (κ3) is 3.06. The molecule has 2 aromatic rings. The number of carbonyl (C=O) groups excluding carboxylic acids is 1. The van der Waals surface area contributed by atoms with Crippen LogP contribution in [0.2, 0.25) is 0 Å². The maximum absolute atomic E-state index is 12.4. The number of nitrogens with zero attached hydrogens (tertiary/aromatic N) is 3. The molecule has 1 atom stereocenters. The van der Waals surface area contributed by atoms with E-state index in [-0.39, 0.29) is 36.6 Å². The Bertz CT molecular complexity index is 827. The first-order valence-electron chi connectivity index (χ1n) is 7.33. The Kier molecular flexibility index (Phi) is 4.19. The van der Waals surface area contributed by atoms with Crippen molar-refractivity contribution in [1.29, 1.82) is 0 Å². The minimum atomic E-state index is -1.52. The normalized spacial score (nSPS) is 19.5. The first-order valence-corrected chi connectivity index (χ1v) is 7.33. The molecule has 1 unspecified atom stereocenters. The molecule has 0 radical (unpaired) electrons. The monoisotopic (exact) mass is 346 g/mol. The molecule has 25 heavy (non-hydrogen) atoms. The van der Waals surface area contributed by atoms with E-state index in [0.29, 0.717) is 0 Å². The summed E-state index contributed by atoms with van der Waals surface area (Å²) in [6, 6.07) is 3.91. The van der Waals surface area contributed by atoms with Crippen molar-refractivity contribution in [2.45, 2.75) is 12.0 Å². The number of nitro benzene ring substituents is 1. The Hall–Kier alpha value is -3.27. The van der Waals surface area contributed by atoms with Crippen molar-refractivity contribution in [2.24, 2.45) is 0 Å². The highest BCUT2D eigenvalue weighted by Gasteiger charge is 2.44. The van der Waals surface area contributed by atoms with Crippen molar-refractivity contribution >= 4 is 17.6 Å². The van der Waals surface area contributed by atoms with Crippen LogP contribution in [0.4, 0.5) is 5.69 Å². The number of carboxylic acid groups (broad SMARTS) is 1. The third-order valence-electron chi connectivity index (χ3n) is 4.00. The molecule has 0 aliphatic carbocycles. The molecule has 1 saturated heterocycles. The molecule has 2 heterocycles. The number of hydrogen-bond donors (Lipinski definition) is 2. The summed E-state index contributed by atoms with van der Waals surface area (Å²) < 4.78 is 6.52. The van der Waals surface area contributed by atoms with Crippen molar-refractivity contribution in [3.05, 3.63) is 52.6 Å². The first kappa shape index (κ1) is 16.6. The van der Waals surface area contributed by atoms with Crippen LogP contribution in [0.5, 0.6) is 0 Å². The summed E-state index contributed by atoms with van der Waals surface area (Å²) in [7, 11) is 0. The molecule has 10 nitrogen and oxygen atoms in total. The molecule has 1 fully saturated rings. The highest BCUT2D eigenvalue weighted by Crippen LogP contribution is 2.25. The molecule has 3 rings (SSSR count). The van der Waals surface area contributed by atoms with Crippen molar-refractivity contribution in [3.63, 3.8) is 0 Å². The number of aliphatic carboxylic acids is 1. The molecule has 1 aliphatic heterocycles. The van der Waals surface area contributed by atoms with Gasteiger partial charge in [0.05, 0.1) is 17.9 Å². The van der Waals surface area contributed by atoms with E-state index in [2.05, 4.69) is 10.3 Å². The number of benzene rings is 1. The number of carbonyl (C=O) groups is 2. The topological polar surface area (TPSA) is 137 Å². The Morgan fingerprint density at radius 2 is 2.24 bits per heavy atom. The lowest BCUT2D eigenvalue weighted by Gasteiger charge is -2.23. The van der Waals surface area contributed by atoms with E-state index >= 15 is 0 Å². The van der Waals surface area contributed by atoms with Crippen molar-refractivity contribution in [2.75, 3.05) is 13.2 Å². The van der Waals surface area contributed by atoms with Crippen LogP contribution in [0.3, 0.4) is 0 Å². The Labute approximate surface area is 141 Å². The molecular weight excluding hydrogens is 332 g/mol. The minimum absolute atomic E-state index is 0.0110. The number of aromatic nitrogens is 2.